The van der Waals surface area contributed by atoms with E-state index in [-0.39, 0.29) is 11.3 Å². The molecule has 3 aromatic rings. The van der Waals surface area contributed by atoms with Gasteiger partial charge in [-0.15, -0.1) is 0 Å². The van der Waals surface area contributed by atoms with Crippen LogP contribution in [-0.4, -0.2) is 18.1 Å². The molecule has 1 amide bonds. The first-order valence-electron chi connectivity index (χ1n) is 9.74. The zero-order valence-electron chi connectivity index (χ0n) is 17.6. The van der Waals surface area contributed by atoms with Crippen LogP contribution >= 0.6 is 15.9 Å². The minimum atomic E-state index is -0.438. The quantitative estimate of drug-likeness (QED) is 0.220. The van der Waals surface area contributed by atoms with Gasteiger partial charge in [0, 0.05) is 10.0 Å². The summed E-state index contributed by atoms with van der Waals surface area (Å²) in [7, 11) is 0. The third-order valence-electron chi connectivity index (χ3n) is 4.54. The largest absolute Gasteiger partial charge is 0.423 e. The summed E-state index contributed by atoms with van der Waals surface area (Å²) in [6.07, 6.45) is 1.53. The molecule has 0 spiro atoms. The van der Waals surface area contributed by atoms with Crippen LogP contribution in [0.1, 0.15) is 52.6 Å². The van der Waals surface area contributed by atoms with Crippen molar-refractivity contribution in [1.29, 1.82) is 0 Å². The summed E-state index contributed by atoms with van der Waals surface area (Å²) in [5, 5.41) is 4.00. The number of carbonyl (C=O) groups excluding carboxylic acids is 2. The van der Waals surface area contributed by atoms with E-state index in [2.05, 4.69) is 47.2 Å². The molecule has 1 N–H and O–H groups in total. The monoisotopic (exact) mass is 478 g/mol. The second kappa shape index (κ2) is 9.71. The number of benzene rings is 3. The van der Waals surface area contributed by atoms with Gasteiger partial charge in [0.05, 0.1) is 11.8 Å². The van der Waals surface area contributed by atoms with E-state index in [0.717, 1.165) is 15.6 Å². The molecule has 0 radical (unpaired) electrons. The average Bonchev–Trinajstić information content (AvgIpc) is 2.74. The maximum atomic E-state index is 12.2. The average molecular weight is 479 g/mol. The molecule has 6 heteroatoms. The van der Waals surface area contributed by atoms with E-state index in [1.54, 1.807) is 54.6 Å². The van der Waals surface area contributed by atoms with Crippen LogP contribution in [0, 0.1) is 0 Å². The van der Waals surface area contributed by atoms with Gasteiger partial charge in [-0.3, -0.25) is 4.79 Å². The lowest BCUT2D eigenvalue weighted by Crippen LogP contribution is -2.18. The van der Waals surface area contributed by atoms with E-state index < -0.39 is 5.97 Å². The first-order chi connectivity index (χ1) is 14.7. The lowest BCUT2D eigenvalue weighted by atomic mass is 9.87. The molecule has 0 aromatic heterocycles. The van der Waals surface area contributed by atoms with E-state index >= 15 is 0 Å². The number of hydrazone groups is 1. The van der Waals surface area contributed by atoms with Gasteiger partial charge in [-0.2, -0.15) is 5.10 Å². The summed E-state index contributed by atoms with van der Waals surface area (Å²) in [4.78, 5) is 24.4. The fraction of sp³-hybridized carbons (Fsp3) is 0.160. The number of halogens is 1. The number of carbonyl (C=O) groups is 2. The Morgan fingerprint density at radius 3 is 2.23 bits per heavy atom. The molecule has 0 unspecified atom stereocenters. The standard InChI is InChI=1S/C25H23BrN2O3/c1-25(2,3)20-11-9-18(10-12-20)23(29)28-27-16-17-7-13-22(14-8-17)31-24(30)19-5-4-6-21(26)15-19/h4-16H,1-3H3,(H,28,29)/b27-16+. The van der Waals surface area contributed by atoms with Crippen molar-refractivity contribution < 1.29 is 14.3 Å². The highest BCUT2D eigenvalue weighted by Crippen LogP contribution is 2.22. The van der Waals surface area contributed by atoms with E-state index in [0.29, 0.717) is 16.9 Å². The van der Waals surface area contributed by atoms with Gasteiger partial charge in [-0.1, -0.05) is 54.9 Å². The van der Waals surface area contributed by atoms with Crippen LogP contribution in [0.2, 0.25) is 0 Å². The Bertz CT molecular complexity index is 1100. The SMILES string of the molecule is CC(C)(C)c1ccc(C(=O)N/N=C/c2ccc(OC(=O)c3cccc(Br)c3)cc2)cc1. The van der Waals surface area contributed by atoms with Gasteiger partial charge in [0.1, 0.15) is 5.75 Å². The lowest BCUT2D eigenvalue weighted by molar-refractivity contribution is 0.0734. The molecule has 5 nitrogen and oxygen atoms in total. The number of nitrogens with one attached hydrogen (secondary N) is 1. The Morgan fingerprint density at radius 1 is 0.935 bits per heavy atom. The van der Waals surface area contributed by atoms with Crippen molar-refractivity contribution in [3.63, 3.8) is 0 Å². The van der Waals surface area contributed by atoms with Crippen LogP contribution in [0.5, 0.6) is 5.75 Å². The summed E-state index contributed by atoms with van der Waals surface area (Å²) in [6.45, 7) is 6.37. The highest BCUT2D eigenvalue weighted by Gasteiger charge is 2.14. The highest BCUT2D eigenvalue weighted by atomic mass is 79.9. The molecule has 31 heavy (non-hydrogen) atoms. The van der Waals surface area contributed by atoms with Crippen molar-refractivity contribution in [2.24, 2.45) is 5.10 Å². The summed E-state index contributed by atoms with van der Waals surface area (Å²) in [5.41, 5.74) is 5.47. The van der Waals surface area contributed by atoms with Gasteiger partial charge >= 0.3 is 5.97 Å². The molecule has 0 aliphatic heterocycles. The normalized spacial score (nSPS) is 11.4. The fourth-order valence-electron chi connectivity index (χ4n) is 2.75. The number of amides is 1. The summed E-state index contributed by atoms with van der Waals surface area (Å²) >= 11 is 3.33. The van der Waals surface area contributed by atoms with E-state index in [4.69, 9.17) is 4.74 Å². The van der Waals surface area contributed by atoms with Crippen molar-refractivity contribution in [1.82, 2.24) is 5.43 Å². The van der Waals surface area contributed by atoms with Crippen molar-refractivity contribution >= 4 is 34.0 Å². The molecule has 0 aliphatic carbocycles. The Hall–Kier alpha value is -3.25. The number of esters is 1. The zero-order valence-corrected chi connectivity index (χ0v) is 19.1. The van der Waals surface area contributed by atoms with Gasteiger partial charge < -0.3 is 4.74 Å². The molecule has 0 saturated carbocycles. The first-order valence-corrected chi connectivity index (χ1v) is 10.5. The third kappa shape index (κ3) is 6.36. The zero-order chi connectivity index (χ0) is 22.4. The van der Waals surface area contributed by atoms with Crippen molar-refractivity contribution in [2.45, 2.75) is 26.2 Å². The minimum absolute atomic E-state index is 0.0333. The molecule has 3 aromatic carbocycles. The Kier molecular flexibility index (Phi) is 7.02. The predicted octanol–water partition coefficient (Wildman–Crippen LogP) is 5.73. The lowest BCUT2D eigenvalue weighted by Gasteiger charge is -2.18. The summed E-state index contributed by atoms with van der Waals surface area (Å²) in [6, 6.07) is 21.3. The Labute approximate surface area is 190 Å². The predicted molar refractivity (Wildman–Crippen MR) is 126 cm³/mol. The number of hydrogen-bond acceptors (Lipinski definition) is 4. The molecule has 0 bridgehead atoms. The van der Waals surface area contributed by atoms with Crippen LogP contribution in [0.3, 0.4) is 0 Å². The van der Waals surface area contributed by atoms with Gasteiger partial charge in [0.25, 0.3) is 5.91 Å². The van der Waals surface area contributed by atoms with Gasteiger partial charge in [0.2, 0.25) is 0 Å². The minimum Gasteiger partial charge on any atom is -0.423 e. The summed E-state index contributed by atoms with van der Waals surface area (Å²) < 4.78 is 6.18. The number of ether oxygens (including phenoxy) is 1. The smallest absolute Gasteiger partial charge is 0.343 e. The van der Waals surface area contributed by atoms with Crippen molar-refractivity contribution in [3.05, 3.63) is 99.5 Å². The van der Waals surface area contributed by atoms with Crippen molar-refractivity contribution in [2.75, 3.05) is 0 Å². The maximum Gasteiger partial charge on any atom is 0.343 e. The fourth-order valence-corrected chi connectivity index (χ4v) is 3.15. The van der Waals surface area contributed by atoms with Crippen LogP contribution in [0.15, 0.2) is 82.4 Å². The van der Waals surface area contributed by atoms with Crippen LogP contribution in [0.25, 0.3) is 0 Å². The van der Waals surface area contributed by atoms with Gasteiger partial charge in [-0.05, 0) is 71.1 Å². The highest BCUT2D eigenvalue weighted by molar-refractivity contribution is 9.10. The molecule has 0 atom stereocenters. The van der Waals surface area contributed by atoms with Crippen LogP contribution in [-0.2, 0) is 5.41 Å². The third-order valence-corrected chi connectivity index (χ3v) is 5.04. The number of rotatable bonds is 5. The Morgan fingerprint density at radius 2 is 1.61 bits per heavy atom. The van der Waals surface area contributed by atoms with Crippen LogP contribution < -0.4 is 10.2 Å². The molecule has 158 valence electrons. The van der Waals surface area contributed by atoms with Gasteiger partial charge in [-0.25, -0.2) is 10.2 Å². The molecular weight excluding hydrogens is 456 g/mol. The molecule has 3 rings (SSSR count). The second-order valence-electron chi connectivity index (χ2n) is 8.00. The van der Waals surface area contributed by atoms with E-state index in [1.807, 2.05) is 18.2 Å². The number of hydrogen-bond donors (Lipinski definition) is 1. The van der Waals surface area contributed by atoms with E-state index in [9.17, 15) is 9.59 Å². The van der Waals surface area contributed by atoms with Gasteiger partial charge in [0.15, 0.2) is 0 Å². The molecule has 0 heterocycles. The van der Waals surface area contributed by atoms with Crippen molar-refractivity contribution in [3.8, 4) is 5.75 Å². The molecule has 0 saturated heterocycles. The molecule has 0 fully saturated rings. The molecule has 0 aliphatic rings. The van der Waals surface area contributed by atoms with Crippen LogP contribution in [0.4, 0.5) is 0 Å². The maximum absolute atomic E-state index is 12.2. The number of nitrogens with zero attached hydrogens (tertiary/aromatic N) is 1. The topological polar surface area (TPSA) is 67.8 Å². The summed E-state index contributed by atoms with van der Waals surface area (Å²) in [5.74, 6) is -0.297. The second-order valence-corrected chi connectivity index (χ2v) is 8.91. The Balaban J connectivity index is 1.55. The first kappa shape index (κ1) is 22.4. The molecular formula is C25H23BrN2O3. The van der Waals surface area contributed by atoms with E-state index in [1.165, 1.54) is 6.21 Å².